The Hall–Kier alpha value is -1.85. The predicted octanol–water partition coefficient (Wildman–Crippen LogP) is 22.4. The maximum atomic E-state index is 12.9. The molecule has 0 saturated heterocycles. The van der Waals surface area contributed by atoms with Gasteiger partial charge in [-0.15, -0.1) is 0 Å². The fourth-order valence-corrected chi connectivity index (χ4v) is 10.3. The van der Waals surface area contributed by atoms with Crippen LogP contribution < -0.4 is 0 Å². The van der Waals surface area contributed by atoms with Gasteiger partial charge >= 0.3 is 17.9 Å². The van der Waals surface area contributed by atoms with Crippen LogP contribution in [-0.4, -0.2) is 37.2 Å². The maximum absolute atomic E-state index is 12.9. The fourth-order valence-electron chi connectivity index (χ4n) is 10.3. The Morgan fingerprint density at radius 1 is 0.260 bits per heavy atom. The van der Waals surface area contributed by atoms with Crippen LogP contribution in [0.1, 0.15) is 380 Å². The van der Waals surface area contributed by atoms with Crippen LogP contribution in [0.25, 0.3) is 0 Å². The molecule has 0 aromatic carbocycles. The van der Waals surface area contributed by atoms with Crippen LogP contribution in [0.5, 0.6) is 0 Å². The van der Waals surface area contributed by atoms with E-state index in [-0.39, 0.29) is 31.1 Å². The van der Waals surface area contributed by atoms with Crippen LogP contribution in [0, 0.1) is 0 Å². The number of unbranched alkanes of at least 4 members (excludes halogenated alkanes) is 49. The van der Waals surface area contributed by atoms with Crippen molar-refractivity contribution in [1.29, 1.82) is 0 Å². The fraction of sp³-hybridized carbons (Fsp3) is 0.925. The van der Waals surface area contributed by atoms with Crippen molar-refractivity contribution in [2.24, 2.45) is 0 Å². The molecule has 0 aliphatic heterocycles. The number of hydrogen-bond donors (Lipinski definition) is 0. The summed E-state index contributed by atoms with van der Waals surface area (Å²) in [6, 6.07) is 0. The first-order valence-corrected chi connectivity index (χ1v) is 33.2. The molecule has 0 spiro atoms. The van der Waals surface area contributed by atoms with E-state index in [1.807, 2.05) is 0 Å². The first-order valence-electron chi connectivity index (χ1n) is 33.2. The van der Waals surface area contributed by atoms with Gasteiger partial charge in [0, 0.05) is 19.3 Å². The summed E-state index contributed by atoms with van der Waals surface area (Å²) in [4.78, 5) is 38.3. The molecule has 0 saturated carbocycles. The van der Waals surface area contributed by atoms with E-state index in [2.05, 4.69) is 32.9 Å². The monoisotopic (exact) mass is 1030 g/mol. The Kier molecular flexibility index (Phi) is 61.1. The predicted molar refractivity (Wildman–Crippen MR) is 317 cm³/mol. The Morgan fingerprint density at radius 2 is 0.452 bits per heavy atom. The highest BCUT2D eigenvalue weighted by Gasteiger charge is 2.19. The van der Waals surface area contributed by atoms with Crippen molar-refractivity contribution in [2.75, 3.05) is 13.2 Å². The first kappa shape index (κ1) is 71.2. The number of rotatable bonds is 62. The normalized spacial score (nSPS) is 12.0. The molecule has 6 heteroatoms. The lowest BCUT2D eigenvalue weighted by Crippen LogP contribution is -2.30. The van der Waals surface area contributed by atoms with E-state index >= 15 is 0 Å². The van der Waals surface area contributed by atoms with Crippen molar-refractivity contribution >= 4 is 17.9 Å². The highest BCUT2D eigenvalue weighted by Crippen LogP contribution is 2.18. The Morgan fingerprint density at radius 3 is 0.685 bits per heavy atom. The molecular formula is C67H128O6. The number of allylic oxidation sites excluding steroid dienone is 2. The average Bonchev–Trinajstić information content (AvgIpc) is 3.39. The van der Waals surface area contributed by atoms with Crippen molar-refractivity contribution in [3.05, 3.63) is 12.2 Å². The second kappa shape index (κ2) is 62.7. The SMILES string of the molecule is CCCCCCCCCC/C=C\CCCCCCCCCCCC(=O)OCC(COC(=O)CCCCCCCCCCCCCCCCC)OC(=O)CCCCCCCCCCCCCCCCCCCCC. The molecule has 0 amide bonds. The lowest BCUT2D eigenvalue weighted by molar-refractivity contribution is -0.167. The van der Waals surface area contributed by atoms with Crippen LogP contribution in [0.15, 0.2) is 12.2 Å². The molecule has 73 heavy (non-hydrogen) atoms. The Labute approximate surface area is 456 Å². The van der Waals surface area contributed by atoms with Crippen LogP contribution in [0.2, 0.25) is 0 Å². The second-order valence-electron chi connectivity index (χ2n) is 22.7. The topological polar surface area (TPSA) is 78.9 Å². The Bertz CT molecular complexity index is 1130. The van der Waals surface area contributed by atoms with E-state index in [0.29, 0.717) is 19.3 Å². The largest absolute Gasteiger partial charge is 0.462 e. The summed E-state index contributed by atoms with van der Waals surface area (Å²) in [6.07, 6.45) is 73.6. The first-order chi connectivity index (χ1) is 36.0. The minimum Gasteiger partial charge on any atom is -0.462 e. The third-order valence-electron chi connectivity index (χ3n) is 15.3. The van der Waals surface area contributed by atoms with E-state index in [0.717, 1.165) is 57.8 Å². The van der Waals surface area contributed by atoms with E-state index in [1.54, 1.807) is 0 Å². The lowest BCUT2D eigenvalue weighted by atomic mass is 10.0. The van der Waals surface area contributed by atoms with Gasteiger partial charge in [-0.1, -0.05) is 328 Å². The number of hydrogen-bond acceptors (Lipinski definition) is 6. The molecule has 0 heterocycles. The minimum absolute atomic E-state index is 0.0636. The number of esters is 3. The van der Waals surface area contributed by atoms with Gasteiger partial charge in [0.05, 0.1) is 0 Å². The summed E-state index contributed by atoms with van der Waals surface area (Å²) in [6.45, 7) is 6.72. The van der Waals surface area contributed by atoms with E-state index < -0.39 is 6.10 Å². The molecule has 0 radical (unpaired) electrons. The number of carbonyl (C=O) groups excluding carboxylic acids is 3. The van der Waals surface area contributed by atoms with Crippen LogP contribution in [0.3, 0.4) is 0 Å². The van der Waals surface area contributed by atoms with Gasteiger partial charge in [-0.05, 0) is 44.9 Å². The van der Waals surface area contributed by atoms with Gasteiger partial charge in [0.15, 0.2) is 6.10 Å². The van der Waals surface area contributed by atoms with Crippen molar-refractivity contribution in [3.63, 3.8) is 0 Å². The van der Waals surface area contributed by atoms with Gasteiger partial charge < -0.3 is 14.2 Å². The molecular weight excluding hydrogens is 901 g/mol. The van der Waals surface area contributed by atoms with Crippen molar-refractivity contribution < 1.29 is 28.6 Å². The van der Waals surface area contributed by atoms with Crippen molar-refractivity contribution in [3.8, 4) is 0 Å². The standard InChI is InChI=1S/C67H128O6/c1-4-7-10-13-16-19-22-25-28-30-32-33-35-36-39-42-45-48-51-54-57-60-66(69)72-63-64(62-71-65(68)59-56-53-50-47-44-41-38-27-24-21-18-15-12-9-6-3)73-67(70)61-58-55-52-49-46-43-40-37-34-31-29-26-23-20-17-14-11-8-5-2/h30,32,64H,4-29,31,33-63H2,1-3H3/b32-30-. The number of ether oxygens (including phenoxy) is 3. The van der Waals surface area contributed by atoms with Gasteiger partial charge in [-0.3, -0.25) is 14.4 Å². The number of carbonyl (C=O) groups is 3. The molecule has 1 atom stereocenters. The molecule has 0 aromatic rings. The van der Waals surface area contributed by atoms with Crippen LogP contribution in [0.4, 0.5) is 0 Å². The maximum Gasteiger partial charge on any atom is 0.306 e. The second-order valence-corrected chi connectivity index (χ2v) is 22.7. The zero-order chi connectivity index (χ0) is 52.9. The molecule has 0 aromatic heterocycles. The van der Waals surface area contributed by atoms with Crippen molar-refractivity contribution in [2.45, 2.75) is 386 Å². The molecule has 0 fully saturated rings. The zero-order valence-electron chi connectivity index (χ0n) is 49.7. The summed E-state index contributed by atoms with van der Waals surface area (Å²) in [7, 11) is 0. The third-order valence-corrected chi connectivity index (χ3v) is 15.3. The molecule has 0 bridgehead atoms. The summed E-state index contributed by atoms with van der Waals surface area (Å²) in [5.41, 5.74) is 0. The molecule has 0 aliphatic rings. The van der Waals surface area contributed by atoms with Crippen molar-refractivity contribution in [1.82, 2.24) is 0 Å². The van der Waals surface area contributed by atoms with Gasteiger partial charge in [0.1, 0.15) is 13.2 Å². The molecule has 0 N–H and O–H groups in total. The van der Waals surface area contributed by atoms with E-state index in [4.69, 9.17) is 14.2 Å². The van der Waals surface area contributed by atoms with E-state index in [9.17, 15) is 14.4 Å². The highest BCUT2D eigenvalue weighted by molar-refractivity contribution is 5.71. The molecule has 432 valence electrons. The lowest BCUT2D eigenvalue weighted by Gasteiger charge is -2.18. The van der Waals surface area contributed by atoms with E-state index in [1.165, 1.54) is 283 Å². The van der Waals surface area contributed by atoms with Crippen LogP contribution in [-0.2, 0) is 28.6 Å². The summed E-state index contributed by atoms with van der Waals surface area (Å²) in [5.74, 6) is -0.832. The smallest absolute Gasteiger partial charge is 0.306 e. The van der Waals surface area contributed by atoms with Gasteiger partial charge in [0.25, 0.3) is 0 Å². The minimum atomic E-state index is -0.766. The molecule has 1 unspecified atom stereocenters. The molecule has 0 rings (SSSR count). The van der Waals surface area contributed by atoms with Gasteiger partial charge in [-0.25, -0.2) is 0 Å². The average molecular weight is 1030 g/mol. The molecule has 6 nitrogen and oxygen atoms in total. The summed E-state index contributed by atoms with van der Waals surface area (Å²) in [5, 5.41) is 0. The van der Waals surface area contributed by atoms with Crippen LogP contribution >= 0.6 is 0 Å². The van der Waals surface area contributed by atoms with Gasteiger partial charge in [-0.2, -0.15) is 0 Å². The summed E-state index contributed by atoms with van der Waals surface area (Å²) >= 11 is 0. The molecule has 0 aliphatic carbocycles. The van der Waals surface area contributed by atoms with Gasteiger partial charge in [0.2, 0.25) is 0 Å². The third kappa shape index (κ3) is 60.9. The quantitative estimate of drug-likeness (QED) is 0.0261. The Balaban J connectivity index is 4.28. The zero-order valence-corrected chi connectivity index (χ0v) is 49.7. The summed E-state index contributed by atoms with van der Waals surface area (Å²) < 4.78 is 17.0. The highest BCUT2D eigenvalue weighted by atomic mass is 16.6.